The van der Waals surface area contributed by atoms with Gasteiger partial charge in [-0.1, -0.05) is 59.8 Å². The van der Waals surface area contributed by atoms with Crippen LogP contribution in [0.4, 0.5) is 0 Å². The van der Waals surface area contributed by atoms with Gasteiger partial charge in [-0.3, -0.25) is 0 Å². The summed E-state index contributed by atoms with van der Waals surface area (Å²) in [6.45, 7) is 14.2. The van der Waals surface area contributed by atoms with Crippen LogP contribution in [0, 0.1) is 0 Å². The van der Waals surface area contributed by atoms with E-state index < -0.39 is 8.32 Å². The minimum absolute atomic E-state index is 0.175. The van der Waals surface area contributed by atoms with Crippen molar-refractivity contribution >= 4 is 8.32 Å². The van der Waals surface area contributed by atoms with Crippen LogP contribution in [-0.2, 0) is 4.43 Å². The van der Waals surface area contributed by atoms with E-state index in [1.807, 2.05) is 0 Å². The zero-order valence-electron chi connectivity index (χ0n) is 14.1. The first-order valence-corrected chi connectivity index (χ1v) is 10.9. The molecule has 0 unspecified atom stereocenters. The second-order valence-corrected chi connectivity index (χ2v) is 12.1. The summed E-state index contributed by atoms with van der Waals surface area (Å²) in [6.07, 6.45) is 7.88. The molecule has 0 aliphatic rings. The van der Waals surface area contributed by atoms with Crippen molar-refractivity contribution in [1.82, 2.24) is 0 Å². The molecule has 0 rings (SSSR count). The predicted molar refractivity (Wildman–Crippen MR) is 87.1 cm³/mol. The molecule has 0 aliphatic heterocycles. The van der Waals surface area contributed by atoms with Crippen molar-refractivity contribution in [3.05, 3.63) is 0 Å². The SMILES string of the molecule is CCCCCCC[C@@H](O)CCO[Si](C)(C)C(C)(C)C. The Morgan fingerprint density at radius 2 is 1.58 bits per heavy atom. The minimum Gasteiger partial charge on any atom is -0.417 e. The van der Waals surface area contributed by atoms with Crippen molar-refractivity contribution < 1.29 is 9.53 Å². The van der Waals surface area contributed by atoms with Gasteiger partial charge < -0.3 is 9.53 Å². The lowest BCUT2D eigenvalue weighted by Crippen LogP contribution is -2.41. The van der Waals surface area contributed by atoms with Gasteiger partial charge in [-0.15, -0.1) is 0 Å². The van der Waals surface area contributed by atoms with Crippen LogP contribution in [0.3, 0.4) is 0 Å². The van der Waals surface area contributed by atoms with Crippen LogP contribution in [0.5, 0.6) is 0 Å². The first-order valence-electron chi connectivity index (χ1n) is 8.02. The van der Waals surface area contributed by atoms with Crippen LogP contribution in [0.1, 0.15) is 72.6 Å². The summed E-state index contributed by atoms with van der Waals surface area (Å²) in [5, 5.41) is 10.2. The third-order valence-corrected chi connectivity index (χ3v) is 8.90. The quantitative estimate of drug-likeness (QED) is 0.446. The summed E-state index contributed by atoms with van der Waals surface area (Å²) in [4.78, 5) is 0. The third-order valence-electron chi connectivity index (χ3n) is 4.36. The minimum atomic E-state index is -1.63. The zero-order valence-corrected chi connectivity index (χ0v) is 15.1. The summed E-state index contributed by atoms with van der Waals surface area (Å²) in [5.41, 5.74) is 0. The Kier molecular flexibility index (Phi) is 9.21. The van der Waals surface area contributed by atoms with Gasteiger partial charge in [-0.25, -0.2) is 0 Å². The van der Waals surface area contributed by atoms with Crippen molar-refractivity contribution in [2.75, 3.05) is 6.61 Å². The molecule has 0 fully saturated rings. The Bertz CT molecular complexity index is 221. The van der Waals surface area contributed by atoms with E-state index in [1.54, 1.807) is 0 Å². The number of aliphatic hydroxyl groups excluding tert-OH is 1. The molecule has 0 aromatic rings. The number of unbranched alkanes of at least 4 members (excludes halogenated alkanes) is 4. The molecule has 0 saturated carbocycles. The fourth-order valence-corrected chi connectivity index (χ4v) is 2.86. The van der Waals surface area contributed by atoms with E-state index in [4.69, 9.17) is 4.43 Å². The Labute approximate surface area is 122 Å². The Hall–Kier alpha value is 0.137. The largest absolute Gasteiger partial charge is 0.417 e. The van der Waals surface area contributed by atoms with E-state index in [0.29, 0.717) is 6.61 Å². The lowest BCUT2D eigenvalue weighted by atomic mass is 10.1. The summed E-state index contributed by atoms with van der Waals surface area (Å²) < 4.78 is 6.09. The topological polar surface area (TPSA) is 29.5 Å². The fourth-order valence-electron chi connectivity index (χ4n) is 1.79. The van der Waals surface area contributed by atoms with Crippen LogP contribution in [0.25, 0.3) is 0 Å². The highest BCUT2D eigenvalue weighted by molar-refractivity contribution is 6.74. The molecule has 0 aliphatic carbocycles. The van der Waals surface area contributed by atoms with Crippen molar-refractivity contribution in [2.45, 2.75) is 96.9 Å². The van der Waals surface area contributed by atoms with Crippen LogP contribution in [0.15, 0.2) is 0 Å². The summed E-state index contributed by atoms with van der Waals surface area (Å²) in [5.74, 6) is 0. The molecule has 0 radical (unpaired) electrons. The number of aliphatic hydroxyl groups is 1. The van der Waals surface area contributed by atoms with Crippen molar-refractivity contribution in [3.63, 3.8) is 0 Å². The highest BCUT2D eigenvalue weighted by Crippen LogP contribution is 2.36. The van der Waals surface area contributed by atoms with Crippen molar-refractivity contribution in [1.29, 1.82) is 0 Å². The maximum absolute atomic E-state index is 9.94. The van der Waals surface area contributed by atoms with Crippen molar-refractivity contribution in [3.8, 4) is 0 Å². The normalized spacial score (nSPS) is 14.7. The molecule has 0 spiro atoms. The van der Waals surface area contributed by atoms with E-state index in [9.17, 15) is 5.11 Å². The molecule has 19 heavy (non-hydrogen) atoms. The van der Waals surface area contributed by atoms with Gasteiger partial charge in [0.2, 0.25) is 0 Å². The summed E-state index contributed by atoms with van der Waals surface area (Å²) >= 11 is 0. The molecule has 116 valence electrons. The molecule has 1 atom stereocenters. The molecular weight excluding hydrogens is 252 g/mol. The van der Waals surface area contributed by atoms with E-state index in [1.165, 1.54) is 25.7 Å². The fraction of sp³-hybridized carbons (Fsp3) is 1.00. The van der Waals surface area contributed by atoms with E-state index >= 15 is 0 Å². The molecule has 0 heterocycles. The van der Waals surface area contributed by atoms with Crippen LogP contribution < -0.4 is 0 Å². The van der Waals surface area contributed by atoms with Gasteiger partial charge in [0.25, 0.3) is 0 Å². The number of rotatable bonds is 10. The lowest BCUT2D eigenvalue weighted by Gasteiger charge is -2.36. The third kappa shape index (κ3) is 8.82. The van der Waals surface area contributed by atoms with Crippen molar-refractivity contribution in [2.24, 2.45) is 0 Å². The van der Waals surface area contributed by atoms with Gasteiger partial charge in [-0.2, -0.15) is 0 Å². The van der Waals surface area contributed by atoms with Gasteiger partial charge in [0, 0.05) is 6.61 Å². The standard InChI is InChI=1S/C16H36O2Si/c1-7-8-9-10-11-12-15(17)13-14-18-19(5,6)16(2,3)4/h15,17H,7-14H2,1-6H3/t15-/m1/s1. The number of hydrogen-bond acceptors (Lipinski definition) is 2. The van der Waals surface area contributed by atoms with Gasteiger partial charge in [0.15, 0.2) is 8.32 Å². The molecule has 0 saturated heterocycles. The molecule has 0 aromatic heterocycles. The van der Waals surface area contributed by atoms with E-state index in [0.717, 1.165) is 19.3 Å². The summed E-state index contributed by atoms with van der Waals surface area (Å²) in [7, 11) is -1.63. The van der Waals surface area contributed by atoms with E-state index in [2.05, 4.69) is 40.8 Å². The Balaban J connectivity index is 3.66. The first kappa shape index (κ1) is 19.1. The molecular formula is C16H36O2Si. The first-order chi connectivity index (χ1) is 8.70. The lowest BCUT2D eigenvalue weighted by molar-refractivity contribution is 0.124. The molecule has 0 bridgehead atoms. The van der Waals surface area contributed by atoms with Gasteiger partial charge in [0.05, 0.1) is 6.10 Å². The van der Waals surface area contributed by atoms with Gasteiger partial charge >= 0.3 is 0 Å². The van der Waals surface area contributed by atoms with E-state index in [-0.39, 0.29) is 11.1 Å². The molecule has 3 heteroatoms. The van der Waals surface area contributed by atoms with Crippen LogP contribution >= 0.6 is 0 Å². The van der Waals surface area contributed by atoms with Crippen LogP contribution in [-0.4, -0.2) is 26.1 Å². The average molecular weight is 289 g/mol. The second-order valence-electron chi connectivity index (χ2n) is 7.25. The summed E-state index contributed by atoms with van der Waals surface area (Å²) in [6, 6.07) is 0. The molecule has 0 amide bonds. The molecule has 2 nitrogen and oxygen atoms in total. The highest BCUT2D eigenvalue weighted by Gasteiger charge is 2.36. The van der Waals surface area contributed by atoms with Gasteiger partial charge in [0.1, 0.15) is 0 Å². The monoisotopic (exact) mass is 288 g/mol. The number of hydrogen-bond donors (Lipinski definition) is 1. The average Bonchev–Trinajstić information content (AvgIpc) is 2.27. The molecule has 1 N–H and O–H groups in total. The zero-order chi connectivity index (χ0) is 14.9. The van der Waals surface area contributed by atoms with Gasteiger partial charge in [-0.05, 0) is 31.0 Å². The highest BCUT2D eigenvalue weighted by atomic mass is 28.4. The predicted octanol–water partition coefficient (Wildman–Crippen LogP) is 5.12. The van der Waals surface area contributed by atoms with Crippen LogP contribution in [0.2, 0.25) is 18.1 Å². The maximum atomic E-state index is 9.94. The Morgan fingerprint density at radius 1 is 1.00 bits per heavy atom. The Morgan fingerprint density at radius 3 is 2.11 bits per heavy atom. The second kappa shape index (κ2) is 9.14. The maximum Gasteiger partial charge on any atom is 0.191 e. The smallest absolute Gasteiger partial charge is 0.191 e. The molecule has 0 aromatic carbocycles.